The van der Waals surface area contributed by atoms with Crippen molar-refractivity contribution in [1.82, 2.24) is 19.9 Å². The molecule has 0 fully saturated rings. The summed E-state index contributed by atoms with van der Waals surface area (Å²) in [5.74, 6) is 1.45. The van der Waals surface area contributed by atoms with Crippen molar-refractivity contribution in [3.05, 3.63) is 300 Å². The predicted octanol–water partition coefficient (Wildman–Crippen LogP) is 20.3. The Morgan fingerprint density at radius 2 is 0.549 bits per heavy atom. The van der Waals surface area contributed by atoms with Crippen LogP contribution >= 0.6 is 22.7 Å². The maximum Gasteiger partial charge on any atom is 0.160 e. The van der Waals surface area contributed by atoms with E-state index in [1.165, 1.54) is 84.9 Å². The molecule has 3 aliphatic carbocycles. The second kappa shape index (κ2) is 18.8. The van der Waals surface area contributed by atoms with Gasteiger partial charge in [-0.2, -0.15) is 0 Å². The quantitative estimate of drug-likeness (QED) is 0.152. The Morgan fingerprint density at radius 3 is 1.01 bits per heavy atom. The Balaban J connectivity index is 0.754. The van der Waals surface area contributed by atoms with Gasteiger partial charge in [-0.1, -0.05) is 194 Å². The molecule has 0 amide bonds. The molecule has 0 radical (unpaired) electrons. The van der Waals surface area contributed by atoms with Crippen LogP contribution in [-0.4, -0.2) is 19.9 Å². The molecule has 18 rings (SSSR count). The van der Waals surface area contributed by atoms with Crippen LogP contribution in [0.4, 0.5) is 0 Å². The Labute approximate surface area is 482 Å². The fourth-order valence-corrected chi connectivity index (χ4v) is 15.2. The lowest BCUT2D eigenvalue weighted by Crippen LogP contribution is -2.27. The number of fused-ring (bicyclic) bond motifs is 6. The molecule has 4 aromatic heterocycles. The van der Waals surface area contributed by atoms with Crippen LogP contribution in [0.25, 0.3) is 130 Å². The van der Waals surface area contributed by atoms with Crippen molar-refractivity contribution >= 4 is 63.0 Å². The maximum atomic E-state index is 5.44. The standard InChI is InChI=1S/C76H46N4S2/c1-3-15-45(16-4-1)65-43-67(51-21-13-19-47(37-51)49-31-35-71-61(39-49)55-23-9-11-27-69(55)81-71)79-75(77-65)53-29-33-59-63(41-53)73-57-25-7-8-26-58(57)74(59)64-42-54(30-34-60(64)73)76-78-66(46-17-5-2-6-18-46)44-68(80-76)52-22-14-20-48(38-52)50-32-36-72-62(40-50)56-24-10-12-28-70(56)82-72/h1-44,73-74H. The molecule has 15 aromatic rings. The van der Waals surface area contributed by atoms with Crippen molar-refractivity contribution in [2.24, 2.45) is 0 Å². The van der Waals surface area contributed by atoms with Crippen molar-refractivity contribution in [1.29, 1.82) is 0 Å². The predicted molar refractivity (Wildman–Crippen MR) is 342 cm³/mol. The number of benzene rings is 11. The summed E-state index contributed by atoms with van der Waals surface area (Å²) in [6.45, 7) is 0. The van der Waals surface area contributed by atoms with Crippen LogP contribution in [0.1, 0.15) is 45.2 Å². The zero-order valence-electron chi connectivity index (χ0n) is 44.2. The average Bonchev–Trinajstić information content (AvgIpc) is 1.31. The van der Waals surface area contributed by atoms with E-state index in [0.29, 0.717) is 11.6 Å². The Bertz CT molecular complexity index is 4760. The van der Waals surface area contributed by atoms with Gasteiger partial charge in [0.25, 0.3) is 0 Å². The van der Waals surface area contributed by atoms with Crippen molar-refractivity contribution in [2.45, 2.75) is 11.8 Å². The minimum atomic E-state index is 0.0208. The van der Waals surface area contributed by atoms with Crippen LogP contribution in [0.5, 0.6) is 0 Å². The number of hydrogen-bond acceptors (Lipinski definition) is 6. The number of aromatic nitrogens is 4. The minimum Gasteiger partial charge on any atom is -0.228 e. The number of hydrogen-bond donors (Lipinski definition) is 0. The van der Waals surface area contributed by atoms with Gasteiger partial charge in [-0.3, -0.25) is 0 Å². The topological polar surface area (TPSA) is 51.6 Å². The molecule has 0 aliphatic heterocycles. The first-order chi connectivity index (χ1) is 40.6. The smallest absolute Gasteiger partial charge is 0.160 e. The molecular formula is C76H46N4S2. The second-order valence-electron chi connectivity index (χ2n) is 21.6. The van der Waals surface area contributed by atoms with E-state index in [1.807, 2.05) is 22.7 Å². The maximum absolute atomic E-state index is 5.44. The molecule has 0 saturated heterocycles. The summed E-state index contributed by atoms with van der Waals surface area (Å²) in [5, 5.41) is 5.18. The molecule has 2 atom stereocenters. The highest BCUT2D eigenvalue weighted by Gasteiger charge is 2.41. The Hall–Kier alpha value is -9.98. The molecule has 0 N–H and O–H groups in total. The van der Waals surface area contributed by atoms with Crippen LogP contribution in [0.3, 0.4) is 0 Å². The van der Waals surface area contributed by atoms with Gasteiger partial charge in [0, 0.05) is 85.6 Å². The van der Waals surface area contributed by atoms with Gasteiger partial charge in [0.2, 0.25) is 0 Å². The zero-order valence-corrected chi connectivity index (χ0v) is 45.8. The summed E-state index contributed by atoms with van der Waals surface area (Å²) in [4.78, 5) is 21.6. The van der Waals surface area contributed by atoms with E-state index in [0.717, 1.165) is 67.3 Å². The first-order valence-electron chi connectivity index (χ1n) is 27.9. The Morgan fingerprint density at radius 1 is 0.207 bits per heavy atom. The van der Waals surface area contributed by atoms with Crippen LogP contribution in [0.15, 0.2) is 267 Å². The van der Waals surface area contributed by atoms with E-state index in [9.17, 15) is 0 Å². The third-order valence-corrected chi connectivity index (χ3v) is 19.2. The van der Waals surface area contributed by atoms with E-state index in [2.05, 4.69) is 267 Å². The number of nitrogens with zero attached hydrogens (tertiary/aromatic N) is 4. The van der Waals surface area contributed by atoms with Crippen molar-refractivity contribution in [3.63, 3.8) is 0 Å². The first kappa shape index (κ1) is 46.9. The molecule has 2 bridgehead atoms. The molecule has 0 saturated carbocycles. The van der Waals surface area contributed by atoms with Crippen LogP contribution in [0, 0.1) is 0 Å². The largest absolute Gasteiger partial charge is 0.228 e. The van der Waals surface area contributed by atoms with Crippen molar-refractivity contribution in [3.8, 4) is 90.1 Å². The van der Waals surface area contributed by atoms with E-state index < -0.39 is 0 Å². The highest BCUT2D eigenvalue weighted by molar-refractivity contribution is 7.26. The lowest BCUT2D eigenvalue weighted by Gasteiger charge is -2.42. The molecule has 3 aliphatic rings. The molecule has 4 nitrogen and oxygen atoms in total. The van der Waals surface area contributed by atoms with E-state index in [4.69, 9.17) is 19.9 Å². The first-order valence-corrected chi connectivity index (χ1v) is 29.5. The van der Waals surface area contributed by atoms with Crippen LogP contribution in [0.2, 0.25) is 0 Å². The molecule has 82 heavy (non-hydrogen) atoms. The molecular weight excluding hydrogens is 1030 g/mol. The fraction of sp³-hybridized carbons (Fsp3) is 0.0263. The normalized spacial score (nSPS) is 14.1. The molecule has 0 spiro atoms. The average molecular weight is 1080 g/mol. The molecule has 6 heteroatoms. The highest BCUT2D eigenvalue weighted by atomic mass is 32.1. The zero-order chi connectivity index (χ0) is 53.8. The van der Waals surface area contributed by atoms with Gasteiger partial charge in [0.15, 0.2) is 11.6 Å². The van der Waals surface area contributed by atoms with E-state index in [-0.39, 0.29) is 11.8 Å². The fourth-order valence-electron chi connectivity index (χ4n) is 13.0. The summed E-state index contributed by atoms with van der Waals surface area (Å²) in [7, 11) is 0. The molecule has 11 aromatic carbocycles. The third kappa shape index (κ3) is 7.78. The summed E-state index contributed by atoms with van der Waals surface area (Å²) in [5.41, 5.74) is 22.3. The summed E-state index contributed by atoms with van der Waals surface area (Å²) >= 11 is 3.70. The lowest BCUT2D eigenvalue weighted by molar-refractivity contribution is 0.754. The van der Waals surface area contributed by atoms with Crippen molar-refractivity contribution in [2.75, 3.05) is 0 Å². The third-order valence-electron chi connectivity index (χ3n) is 16.9. The van der Waals surface area contributed by atoms with Gasteiger partial charge >= 0.3 is 0 Å². The van der Waals surface area contributed by atoms with Gasteiger partial charge in [-0.25, -0.2) is 19.9 Å². The number of rotatable bonds is 8. The summed E-state index contributed by atoms with van der Waals surface area (Å²) < 4.78 is 5.22. The van der Waals surface area contributed by atoms with E-state index >= 15 is 0 Å². The van der Waals surface area contributed by atoms with Crippen molar-refractivity contribution < 1.29 is 0 Å². The molecule has 382 valence electrons. The molecule has 2 unspecified atom stereocenters. The second-order valence-corrected chi connectivity index (χ2v) is 23.8. The Kier molecular flexibility index (Phi) is 10.8. The minimum absolute atomic E-state index is 0.0208. The van der Waals surface area contributed by atoms with Crippen LogP contribution < -0.4 is 0 Å². The van der Waals surface area contributed by atoms with Gasteiger partial charge in [-0.05, 0) is 128 Å². The van der Waals surface area contributed by atoms with Gasteiger partial charge in [0.1, 0.15) is 0 Å². The summed E-state index contributed by atoms with van der Waals surface area (Å²) in [6, 6.07) is 96.9. The van der Waals surface area contributed by atoms with Gasteiger partial charge in [0.05, 0.1) is 22.8 Å². The highest BCUT2D eigenvalue weighted by Crippen LogP contribution is 2.57. The van der Waals surface area contributed by atoms with Crippen LogP contribution in [-0.2, 0) is 0 Å². The van der Waals surface area contributed by atoms with Gasteiger partial charge < -0.3 is 0 Å². The van der Waals surface area contributed by atoms with Gasteiger partial charge in [-0.15, -0.1) is 22.7 Å². The number of thiophene rings is 2. The SMILES string of the molecule is c1ccc(-c2cc(-c3cccc(-c4ccc5sc6ccccc6c5c4)c3)nc(-c3ccc4c(c3)C3c5ccccc5C4c4cc(-c5nc(-c6ccccc6)cc(-c6cccc(-c7ccc8sc9ccccc9c8c7)c6)n5)ccc43)n2)cc1. The lowest BCUT2D eigenvalue weighted by atomic mass is 9.61. The monoisotopic (exact) mass is 1080 g/mol. The summed E-state index contributed by atoms with van der Waals surface area (Å²) in [6.07, 6.45) is 0. The van der Waals surface area contributed by atoms with E-state index in [1.54, 1.807) is 0 Å². The molecule has 4 heterocycles.